The van der Waals surface area contributed by atoms with E-state index >= 15 is 0 Å². The van der Waals surface area contributed by atoms with Gasteiger partial charge >= 0.3 is 19.5 Å². The minimum absolute atomic E-state index is 0. The maximum Gasteiger partial charge on any atom is 2.00 e. The van der Waals surface area contributed by atoms with Gasteiger partial charge in [-0.2, -0.15) is 0 Å². The molecule has 0 atom stereocenters. The first-order chi connectivity index (χ1) is 3.42. The second-order valence-corrected chi connectivity index (χ2v) is 3.77. The molecule has 0 bridgehead atoms. The van der Waals surface area contributed by atoms with Gasteiger partial charge in [0, 0.05) is 0 Å². The quantitative estimate of drug-likeness (QED) is 0.449. The minimum Gasteiger partial charge on any atom is -0.811 e. The van der Waals surface area contributed by atoms with E-state index in [0.29, 0.717) is 0 Å². The molecule has 0 aliphatic heterocycles. The van der Waals surface area contributed by atoms with E-state index in [1.165, 1.54) is 0 Å². The van der Waals surface area contributed by atoms with Crippen LogP contribution in [0, 0.1) is 5.92 Å². The van der Waals surface area contributed by atoms with E-state index in [0.717, 1.165) is 0 Å². The molecule has 0 saturated heterocycles. The molecular weight excluding hydrogens is 192 g/mol. The summed E-state index contributed by atoms with van der Waals surface area (Å²) in [6, 6.07) is 0. The van der Waals surface area contributed by atoms with Gasteiger partial charge in [0.25, 0.3) is 0 Å². The van der Waals surface area contributed by atoms with Crippen molar-refractivity contribution in [1.29, 1.82) is 0 Å². The monoisotopic (exact) mass is 200 g/mol. The summed E-state index contributed by atoms with van der Waals surface area (Å²) in [5.74, 6) is -0.0455. The van der Waals surface area contributed by atoms with E-state index < -0.39 is 7.60 Å². The number of hydrogen-bond donors (Lipinski definition) is 0. The average Bonchev–Trinajstić information content (AvgIpc) is 1.21. The third-order valence-corrected chi connectivity index (χ3v) is 1.77. The zero-order chi connectivity index (χ0) is 6.78. The molecule has 50 valence electrons. The Hall–Kier alpha value is 0.773. The van der Waals surface area contributed by atoms with Crippen LogP contribution in [0.4, 0.5) is 0 Å². The summed E-state index contributed by atoms with van der Waals surface area (Å²) in [5, 5.41) is 0. The molecule has 0 radical (unpaired) electrons. The van der Waals surface area contributed by atoms with E-state index in [9.17, 15) is 14.4 Å². The van der Waals surface area contributed by atoms with Gasteiger partial charge in [0.1, 0.15) is 0 Å². The Bertz CT molecular complexity index is 108. The van der Waals surface area contributed by atoms with Gasteiger partial charge in [0.2, 0.25) is 0 Å². The van der Waals surface area contributed by atoms with Gasteiger partial charge in [-0.25, -0.2) is 0 Å². The zero-order valence-electron chi connectivity index (χ0n) is 5.66. The normalized spacial score (nSPS) is 11.2. The van der Waals surface area contributed by atoms with E-state index in [2.05, 4.69) is 0 Å². The summed E-state index contributed by atoms with van der Waals surface area (Å²) < 4.78 is 9.91. The maximum atomic E-state index is 9.91. The summed E-state index contributed by atoms with van der Waals surface area (Å²) in [6.45, 7) is 3.39. The first-order valence-electron chi connectivity index (χ1n) is 2.43. The molecule has 0 amide bonds. The van der Waals surface area contributed by atoms with Crippen molar-refractivity contribution in [3.05, 3.63) is 0 Å². The second kappa shape index (κ2) is 4.57. The summed E-state index contributed by atoms with van der Waals surface area (Å²) in [6.07, 6.45) is -0.229. The Morgan fingerprint density at radius 2 is 1.78 bits per heavy atom. The van der Waals surface area contributed by atoms with Crippen LogP contribution in [-0.4, -0.2) is 6.16 Å². The van der Waals surface area contributed by atoms with Crippen LogP contribution in [0.25, 0.3) is 0 Å². The number of hydrogen-bond acceptors (Lipinski definition) is 3. The first-order valence-corrected chi connectivity index (χ1v) is 4.15. The Morgan fingerprint density at radius 1 is 1.44 bits per heavy atom. The van der Waals surface area contributed by atoms with Crippen LogP contribution in [0.2, 0.25) is 0 Å². The predicted octanol–water partition coefficient (Wildman–Crippen LogP) is -0.446. The van der Waals surface area contributed by atoms with Gasteiger partial charge in [0.05, 0.1) is 0 Å². The van der Waals surface area contributed by atoms with Crippen LogP contribution < -0.4 is 9.79 Å². The van der Waals surface area contributed by atoms with Crippen molar-refractivity contribution in [1.82, 2.24) is 0 Å². The molecule has 0 spiro atoms. The maximum absolute atomic E-state index is 9.91. The van der Waals surface area contributed by atoms with Crippen LogP contribution >= 0.6 is 7.60 Å². The molecule has 0 saturated carbocycles. The molecule has 9 heavy (non-hydrogen) atoms. The molecule has 0 aromatic heterocycles. The third kappa shape index (κ3) is 12.1. The van der Waals surface area contributed by atoms with E-state index in [4.69, 9.17) is 0 Å². The Kier molecular flexibility index (Phi) is 6.32. The van der Waals surface area contributed by atoms with Gasteiger partial charge < -0.3 is 14.4 Å². The van der Waals surface area contributed by atoms with Crippen molar-refractivity contribution in [2.24, 2.45) is 5.92 Å². The molecule has 0 fully saturated rings. The smallest absolute Gasteiger partial charge is 0.811 e. The van der Waals surface area contributed by atoms with Gasteiger partial charge in [-0.05, 0) is 12.1 Å². The molecule has 0 rings (SSSR count). The van der Waals surface area contributed by atoms with Gasteiger partial charge in [0.15, 0.2) is 0 Å². The van der Waals surface area contributed by atoms with E-state index in [1.807, 2.05) is 0 Å². The second-order valence-electron chi connectivity index (χ2n) is 2.19. The molecule has 0 aliphatic carbocycles. The molecule has 3 nitrogen and oxygen atoms in total. The molecule has 0 unspecified atom stereocenters. The predicted molar refractivity (Wildman–Crippen MR) is 27.3 cm³/mol. The molecule has 0 aliphatic rings. The topological polar surface area (TPSA) is 63.2 Å². The van der Waals surface area contributed by atoms with Crippen LogP contribution in [0.1, 0.15) is 13.8 Å². The zero-order valence-corrected chi connectivity index (χ0v) is 9.53. The van der Waals surface area contributed by atoms with Crippen molar-refractivity contribution in [2.75, 3.05) is 6.16 Å². The fraction of sp³-hybridized carbons (Fsp3) is 1.00. The molecular formula is C4H9O3PZn. The minimum atomic E-state index is -4.22. The Labute approximate surface area is 67.8 Å². The largest absolute Gasteiger partial charge is 2.00 e. The molecule has 0 aromatic rings. The SMILES string of the molecule is CC(C)CP(=O)([O-])[O-].[Zn+2]. The summed E-state index contributed by atoms with van der Waals surface area (Å²) >= 11 is 0. The van der Waals surface area contributed by atoms with Crippen molar-refractivity contribution >= 4 is 7.60 Å². The Balaban J connectivity index is 0. The van der Waals surface area contributed by atoms with Crippen molar-refractivity contribution in [3.8, 4) is 0 Å². The van der Waals surface area contributed by atoms with Crippen molar-refractivity contribution in [2.45, 2.75) is 13.8 Å². The van der Waals surface area contributed by atoms with Gasteiger partial charge in [-0.3, -0.25) is 0 Å². The van der Waals surface area contributed by atoms with Crippen LogP contribution in [0.15, 0.2) is 0 Å². The Morgan fingerprint density at radius 3 is 1.78 bits per heavy atom. The summed E-state index contributed by atoms with van der Waals surface area (Å²) in [4.78, 5) is 19.8. The molecule has 5 heteroatoms. The number of rotatable bonds is 2. The summed E-state index contributed by atoms with van der Waals surface area (Å²) in [5.41, 5.74) is 0. The molecule has 0 N–H and O–H groups in total. The molecule has 0 heterocycles. The molecule has 0 aromatic carbocycles. The van der Waals surface area contributed by atoms with E-state index in [1.54, 1.807) is 13.8 Å². The van der Waals surface area contributed by atoms with Gasteiger partial charge in [-0.1, -0.05) is 21.4 Å². The summed E-state index contributed by atoms with van der Waals surface area (Å²) in [7, 11) is -4.22. The fourth-order valence-electron chi connectivity index (χ4n) is 0.447. The third-order valence-electron chi connectivity index (χ3n) is 0.589. The van der Waals surface area contributed by atoms with E-state index in [-0.39, 0.29) is 31.6 Å². The van der Waals surface area contributed by atoms with Crippen molar-refractivity contribution < 1.29 is 33.8 Å². The fourth-order valence-corrected chi connectivity index (χ4v) is 1.34. The van der Waals surface area contributed by atoms with Crippen LogP contribution in [0.3, 0.4) is 0 Å². The van der Waals surface area contributed by atoms with Crippen molar-refractivity contribution in [3.63, 3.8) is 0 Å². The standard InChI is InChI=1S/C4H11O3P.Zn/c1-4(2)3-8(5,6)7;/h4H,3H2,1-2H3,(H2,5,6,7);/q;+2/p-2. The van der Waals surface area contributed by atoms with Gasteiger partial charge in [-0.15, -0.1) is 0 Å². The van der Waals surface area contributed by atoms with Crippen LogP contribution in [-0.2, 0) is 24.0 Å². The first kappa shape index (κ1) is 12.4. The van der Waals surface area contributed by atoms with Crippen LogP contribution in [0.5, 0.6) is 0 Å². The average molecular weight is 201 g/mol.